The van der Waals surface area contributed by atoms with Crippen LogP contribution >= 0.6 is 44.3 Å². The lowest BCUT2D eigenvalue weighted by Crippen LogP contribution is -2.51. The summed E-state index contributed by atoms with van der Waals surface area (Å²) in [5.41, 5.74) is 8.35. The smallest absolute Gasteiger partial charge is 0.410 e. The molecule has 0 spiro atoms. The number of amides is 2. The van der Waals surface area contributed by atoms with Gasteiger partial charge in [0.25, 0.3) is 0 Å². The molecule has 3 aliphatic heterocycles. The van der Waals surface area contributed by atoms with Crippen molar-refractivity contribution in [3.63, 3.8) is 0 Å². The number of nitrogens with zero attached hydrogens (tertiary/aromatic N) is 11. The number of ether oxygens (including phenoxy) is 9. The molecule has 4 aromatic heterocycles. The molecule has 0 bridgehead atoms. The van der Waals surface area contributed by atoms with Crippen LogP contribution in [0.25, 0.3) is 28.3 Å². The zero-order chi connectivity index (χ0) is 77.9. The Balaban J connectivity index is 0.000000211. The molecule has 1 atom stereocenters. The Morgan fingerprint density at radius 3 is 1.43 bits per heavy atom. The van der Waals surface area contributed by atoms with Crippen LogP contribution in [0.1, 0.15) is 47.1 Å². The van der Waals surface area contributed by atoms with Crippen LogP contribution in [0.4, 0.5) is 49.8 Å². The van der Waals surface area contributed by atoms with E-state index in [2.05, 4.69) is 71.2 Å². The molecule has 0 aliphatic carbocycles. The van der Waals surface area contributed by atoms with Gasteiger partial charge in [0.1, 0.15) is 95.9 Å². The topological polar surface area (TPSA) is 266 Å². The Morgan fingerprint density at radius 1 is 0.578 bits per heavy atom. The van der Waals surface area contributed by atoms with Crippen molar-refractivity contribution in [1.29, 1.82) is 0 Å². The molecular formula is C75H95Br2ClF5N13O13. The number of nitrogen functional groups attached to an aromatic ring is 1. The molecule has 0 saturated carbocycles. The fraction of sp³-hybridized carbons (Fsp3) is 0.440. The fourth-order valence-electron chi connectivity index (χ4n) is 11.2. The number of benzene rings is 5. The van der Waals surface area contributed by atoms with Gasteiger partial charge in [0, 0.05) is 137 Å². The van der Waals surface area contributed by atoms with Crippen LogP contribution in [-0.4, -0.2) is 222 Å². The zero-order valence-electron chi connectivity index (χ0n) is 62.4. The van der Waals surface area contributed by atoms with Crippen molar-refractivity contribution >= 4 is 96.0 Å². The number of carbonyl (C=O) groups is 2. The minimum absolute atomic E-state index is 0. The number of aromatic nitrogens is 6. The predicted molar refractivity (Wildman–Crippen MR) is 414 cm³/mol. The highest BCUT2D eigenvalue weighted by atomic mass is 79.9. The minimum Gasteiger partial charge on any atom is -0.508 e. The summed E-state index contributed by atoms with van der Waals surface area (Å²) in [6.45, 7) is 20.5. The van der Waals surface area contributed by atoms with Gasteiger partial charge in [0.05, 0.1) is 70.3 Å². The Bertz CT molecular complexity index is 4300. The highest BCUT2D eigenvalue weighted by molar-refractivity contribution is 9.10. The highest BCUT2D eigenvalue weighted by Gasteiger charge is 2.33. The Labute approximate surface area is 653 Å². The molecule has 7 heterocycles. The van der Waals surface area contributed by atoms with E-state index < -0.39 is 17.5 Å². The number of methoxy groups -OCH3 is 4. The van der Waals surface area contributed by atoms with E-state index in [4.69, 9.17) is 57.9 Å². The molecule has 2 amide bonds. The van der Waals surface area contributed by atoms with Crippen LogP contribution in [0.2, 0.25) is 0 Å². The molecule has 3 fully saturated rings. The summed E-state index contributed by atoms with van der Waals surface area (Å²) in [4.78, 5) is 44.7. The number of rotatable bonds is 24. The van der Waals surface area contributed by atoms with Gasteiger partial charge < -0.3 is 87.7 Å². The molecule has 109 heavy (non-hydrogen) atoms. The predicted octanol–water partition coefficient (Wildman–Crippen LogP) is 12.9. The number of nitrogens with one attached hydrogen (secondary N) is 1. The Hall–Kier alpha value is -8.96. The number of nitrogens with two attached hydrogens (primary N) is 1. The van der Waals surface area contributed by atoms with Crippen molar-refractivity contribution in [2.75, 3.05) is 180 Å². The van der Waals surface area contributed by atoms with Crippen molar-refractivity contribution in [2.45, 2.75) is 52.7 Å². The monoisotopic (exact) mass is 1670 g/mol. The highest BCUT2D eigenvalue weighted by Crippen LogP contribution is 2.33. The van der Waals surface area contributed by atoms with E-state index in [1.807, 2.05) is 40.4 Å². The summed E-state index contributed by atoms with van der Waals surface area (Å²) in [7, 11) is 6.37. The molecule has 34 heteroatoms. The number of carbonyl (C=O) groups excluding carboxylic acids is 2. The first-order valence-electron chi connectivity index (χ1n) is 35.0. The Morgan fingerprint density at radius 2 is 1.02 bits per heavy atom. The lowest BCUT2D eigenvalue weighted by atomic mass is 10.0. The summed E-state index contributed by atoms with van der Waals surface area (Å²) in [6, 6.07) is 26.1. The molecule has 9 aromatic rings. The normalized spacial score (nSPS) is 13.9. The van der Waals surface area contributed by atoms with Crippen molar-refractivity contribution in [1.82, 2.24) is 44.5 Å². The van der Waals surface area contributed by atoms with E-state index in [-0.39, 0.29) is 65.3 Å². The number of fused-ring (bicyclic) bond motifs is 3. The third kappa shape index (κ3) is 26.1. The molecule has 1 unspecified atom stereocenters. The standard InChI is InChI=1S/C29H34FN9O4.C18H27FN2O4.C13H19FN2O2.C9H10BrFO2.C6H4BrFO.ClH/c1-18(2)15-23(28(40)37-10-8-36(9-11-37)22-7-6-19(16-21(22)30)42-14-13-41-3)38-27-20(17-32-38)26-33-25(24-5-4-12-43-24)35-39(26)29(31)34-27;1-18(2,3)25-17(22)21-9-7-20(8-10-21)16-6-5-14(13-15(16)19)24-12-11-23-4;1-17-8-9-18-11-2-3-13(12(14)10-11)16-6-4-15-5-7-16;1-12-4-5-13-7-2-3-8(10)9(11)6-7;7-5-2-1-4(9)3-6(5)8;/h4-7,12,16-18,23H,8-11,13-15H2,1-3H3,(H2,31,34);5-6,13H,7-12H2,1-4H3;2-3,10,15H,4-9H2,1H3;2-3,6H,4-5H2,1H3;1-3,9H;1H. The first-order valence-corrected chi connectivity index (χ1v) is 36.6. The van der Waals surface area contributed by atoms with Gasteiger partial charge in [-0.15, -0.1) is 17.5 Å². The second-order valence-electron chi connectivity index (χ2n) is 26.0. The lowest BCUT2D eigenvalue weighted by molar-refractivity contribution is -0.135. The number of halogens is 8. The first kappa shape index (κ1) is 87.3. The number of phenols is 1. The van der Waals surface area contributed by atoms with Crippen LogP contribution in [-0.2, 0) is 28.5 Å². The summed E-state index contributed by atoms with van der Waals surface area (Å²) in [5.74, 6) is 1.35. The summed E-state index contributed by atoms with van der Waals surface area (Å²) in [5, 5.41) is 21.6. The quantitative estimate of drug-likeness (QED) is 0.0375. The SMILES string of the molecule is COCCOc1ccc(Br)c(F)c1.COCCOc1ccc(N2CCN(C(=O)C(CC(C)C)n3ncc4c3nc(N)n3nc(-c5ccco5)nc43)CC2)c(F)c1.COCCOc1ccc(N2CCN(C(=O)OC(C)(C)C)CC2)c(F)c1.COCCOc1ccc(N2CCNCC2)c(F)c1.Cl.Oc1ccc(Br)c(F)c1. The average Bonchev–Trinajstić information content (AvgIpc) is 1.60. The number of phenolic OH excluding ortho intramolecular Hbond substituents is 1. The molecule has 3 aliphatic rings. The second kappa shape index (κ2) is 43.4. The summed E-state index contributed by atoms with van der Waals surface area (Å²) < 4.78 is 124. The second-order valence-corrected chi connectivity index (χ2v) is 27.7. The van der Waals surface area contributed by atoms with Gasteiger partial charge in [-0.3, -0.25) is 4.79 Å². The summed E-state index contributed by atoms with van der Waals surface area (Å²) >= 11 is 6.00. The van der Waals surface area contributed by atoms with Gasteiger partial charge in [-0.1, -0.05) is 13.8 Å². The van der Waals surface area contributed by atoms with Gasteiger partial charge in [-0.05, 0) is 138 Å². The molecule has 4 N–H and O–H groups in total. The van der Waals surface area contributed by atoms with Gasteiger partial charge in [0.15, 0.2) is 17.1 Å². The van der Waals surface area contributed by atoms with Gasteiger partial charge >= 0.3 is 6.09 Å². The maximum atomic E-state index is 15.0. The van der Waals surface area contributed by atoms with Crippen LogP contribution in [0.15, 0.2) is 129 Å². The van der Waals surface area contributed by atoms with Crippen LogP contribution in [0.5, 0.6) is 28.7 Å². The number of anilines is 4. The maximum Gasteiger partial charge on any atom is 0.410 e. The minimum atomic E-state index is -0.605. The van der Waals surface area contributed by atoms with Crippen LogP contribution in [0.3, 0.4) is 0 Å². The van der Waals surface area contributed by atoms with E-state index in [1.54, 1.807) is 111 Å². The molecular weight excluding hydrogens is 1580 g/mol. The lowest BCUT2D eigenvalue weighted by Gasteiger charge is -2.38. The molecule has 3 saturated heterocycles. The van der Waals surface area contributed by atoms with Crippen LogP contribution < -0.4 is 44.7 Å². The fourth-order valence-corrected chi connectivity index (χ4v) is 11.7. The van der Waals surface area contributed by atoms with Crippen molar-refractivity contribution < 1.29 is 83.7 Å². The van der Waals surface area contributed by atoms with E-state index in [0.717, 1.165) is 32.2 Å². The largest absolute Gasteiger partial charge is 0.508 e. The van der Waals surface area contributed by atoms with E-state index >= 15 is 0 Å². The maximum absolute atomic E-state index is 15.0. The van der Waals surface area contributed by atoms with E-state index in [9.17, 15) is 31.5 Å². The molecule has 12 rings (SSSR count). The number of hydrogen-bond donors (Lipinski definition) is 3. The van der Waals surface area contributed by atoms with Gasteiger partial charge in [-0.2, -0.15) is 14.6 Å². The summed E-state index contributed by atoms with van der Waals surface area (Å²) in [6.07, 6.45) is 3.41. The number of piperazine rings is 3. The third-order valence-electron chi connectivity index (χ3n) is 16.5. The first-order chi connectivity index (χ1) is 51.9. The van der Waals surface area contributed by atoms with E-state index in [0.29, 0.717) is 189 Å². The van der Waals surface area contributed by atoms with Crippen molar-refractivity contribution in [2.24, 2.45) is 5.92 Å². The molecule has 5 aromatic carbocycles. The number of hydrogen-bond acceptors (Lipinski definition) is 22. The van der Waals surface area contributed by atoms with Crippen LogP contribution in [0, 0.1) is 35.0 Å². The molecule has 26 nitrogen and oxygen atoms in total. The number of aromatic hydroxyl groups is 1. The van der Waals surface area contributed by atoms with E-state index in [1.165, 1.54) is 40.9 Å². The van der Waals surface area contributed by atoms with Crippen molar-refractivity contribution in [3.05, 3.63) is 154 Å². The van der Waals surface area contributed by atoms with Gasteiger partial charge in [-0.25, -0.2) is 36.4 Å². The molecule has 594 valence electrons. The van der Waals surface area contributed by atoms with Crippen molar-refractivity contribution in [3.8, 4) is 40.3 Å². The molecule has 0 radical (unpaired) electrons. The zero-order valence-corrected chi connectivity index (χ0v) is 66.4. The average molecular weight is 1680 g/mol. The third-order valence-corrected chi connectivity index (χ3v) is 17.8. The number of furan rings is 1. The Kier molecular flexibility index (Phi) is 34.8. The van der Waals surface area contributed by atoms with Gasteiger partial charge in [0.2, 0.25) is 17.7 Å².